The third-order valence-corrected chi connectivity index (χ3v) is 2.81. The summed E-state index contributed by atoms with van der Waals surface area (Å²) < 4.78 is 2.11. The highest BCUT2D eigenvalue weighted by Gasteiger charge is 2.02. The average Bonchev–Trinajstić information content (AvgIpc) is 2.70. The number of terminal acetylenes is 1. The van der Waals surface area contributed by atoms with Crippen LogP contribution in [0.15, 0.2) is 30.5 Å². The number of nitrogens with one attached hydrogen (secondary N) is 1. The van der Waals surface area contributed by atoms with Gasteiger partial charge in [-0.15, -0.1) is 6.42 Å². The van der Waals surface area contributed by atoms with Crippen LogP contribution in [0.2, 0.25) is 0 Å². The van der Waals surface area contributed by atoms with Crippen molar-refractivity contribution in [2.75, 3.05) is 0 Å². The lowest BCUT2D eigenvalue weighted by molar-refractivity contribution is 0.589. The van der Waals surface area contributed by atoms with Crippen molar-refractivity contribution in [2.24, 2.45) is 0 Å². The summed E-state index contributed by atoms with van der Waals surface area (Å²) in [5.41, 5.74) is 2.51. The summed E-state index contributed by atoms with van der Waals surface area (Å²) in [5.74, 6) is 2.68. The highest BCUT2D eigenvalue weighted by molar-refractivity contribution is 5.80. The molecule has 0 atom stereocenters. The summed E-state index contributed by atoms with van der Waals surface area (Å²) in [4.78, 5) is 0. The molecular formula is C15H18N2. The van der Waals surface area contributed by atoms with Crippen molar-refractivity contribution in [3.63, 3.8) is 0 Å². The predicted octanol–water partition coefficient (Wildman–Crippen LogP) is 2.77. The zero-order valence-electron chi connectivity index (χ0n) is 10.4. The fraction of sp³-hybridized carbons (Fsp3) is 0.333. The molecule has 1 N–H and O–H groups in total. The first-order valence-corrected chi connectivity index (χ1v) is 5.95. The second-order valence-corrected chi connectivity index (χ2v) is 4.58. The van der Waals surface area contributed by atoms with E-state index in [4.69, 9.17) is 6.42 Å². The SMILES string of the molecule is C#CCn1ccc2ccc(CNC(C)C)cc21. The Hall–Kier alpha value is -1.72. The second-order valence-electron chi connectivity index (χ2n) is 4.58. The molecule has 1 aromatic heterocycles. The summed E-state index contributed by atoms with van der Waals surface area (Å²) in [5, 5.41) is 4.66. The van der Waals surface area contributed by atoms with Crippen molar-refractivity contribution in [1.82, 2.24) is 9.88 Å². The molecule has 88 valence electrons. The standard InChI is InChI=1S/C15H18N2/c1-4-8-17-9-7-14-6-5-13(10-15(14)17)11-16-12(2)3/h1,5-7,9-10,12,16H,8,11H2,2-3H3. The average molecular weight is 226 g/mol. The van der Waals surface area contributed by atoms with Gasteiger partial charge in [-0.25, -0.2) is 0 Å². The van der Waals surface area contributed by atoms with E-state index in [0.717, 1.165) is 6.54 Å². The first-order valence-electron chi connectivity index (χ1n) is 5.95. The number of hydrogen-bond donors (Lipinski definition) is 1. The van der Waals surface area contributed by atoms with E-state index in [1.54, 1.807) is 0 Å². The van der Waals surface area contributed by atoms with Crippen LogP contribution < -0.4 is 5.32 Å². The highest BCUT2D eigenvalue weighted by Crippen LogP contribution is 2.17. The molecular weight excluding hydrogens is 208 g/mol. The van der Waals surface area contributed by atoms with Gasteiger partial charge >= 0.3 is 0 Å². The van der Waals surface area contributed by atoms with Crippen LogP contribution >= 0.6 is 0 Å². The van der Waals surface area contributed by atoms with Gasteiger partial charge in [0.25, 0.3) is 0 Å². The maximum atomic E-state index is 5.36. The number of aromatic nitrogens is 1. The van der Waals surface area contributed by atoms with Crippen LogP contribution in [0.25, 0.3) is 10.9 Å². The predicted molar refractivity (Wildman–Crippen MR) is 72.7 cm³/mol. The monoisotopic (exact) mass is 226 g/mol. The van der Waals surface area contributed by atoms with Crippen LogP contribution in [0, 0.1) is 12.3 Å². The molecule has 0 saturated heterocycles. The minimum atomic E-state index is 0.503. The van der Waals surface area contributed by atoms with Crippen LogP contribution in [0.3, 0.4) is 0 Å². The molecule has 0 bridgehead atoms. The van der Waals surface area contributed by atoms with Crippen LogP contribution in [0.4, 0.5) is 0 Å². The Labute approximate surface area is 103 Å². The van der Waals surface area contributed by atoms with E-state index in [0.29, 0.717) is 12.6 Å². The lowest BCUT2D eigenvalue weighted by Gasteiger charge is -2.09. The van der Waals surface area contributed by atoms with Gasteiger partial charge in [0.2, 0.25) is 0 Å². The van der Waals surface area contributed by atoms with Crippen molar-refractivity contribution >= 4 is 10.9 Å². The molecule has 2 nitrogen and oxygen atoms in total. The Morgan fingerprint density at radius 3 is 2.88 bits per heavy atom. The van der Waals surface area contributed by atoms with Crippen molar-refractivity contribution in [1.29, 1.82) is 0 Å². The van der Waals surface area contributed by atoms with Crippen LogP contribution in [-0.4, -0.2) is 10.6 Å². The maximum absolute atomic E-state index is 5.36. The molecule has 0 amide bonds. The largest absolute Gasteiger partial charge is 0.336 e. The first kappa shape index (κ1) is 11.8. The molecule has 2 aromatic rings. The van der Waals surface area contributed by atoms with E-state index in [1.807, 2.05) is 6.20 Å². The second kappa shape index (κ2) is 5.07. The Morgan fingerprint density at radius 1 is 1.35 bits per heavy atom. The number of nitrogens with zero attached hydrogens (tertiary/aromatic N) is 1. The quantitative estimate of drug-likeness (QED) is 0.793. The number of rotatable bonds is 4. The zero-order valence-corrected chi connectivity index (χ0v) is 10.4. The summed E-state index contributed by atoms with van der Waals surface area (Å²) in [6.45, 7) is 5.83. The Balaban J connectivity index is 2.28. The Morgan fingerprint density at radius 2 is 2.18 bits per heavy atom. The van der Waals surface area contributed by atoms with Crippen molar-refractivity contribution in [3.8, 4) is 12.3 Å². The van der Waals surface area contributed by atoms with E-state index in [1.165, 1.54) is 16.5 Å². The minimum absolute atomic E-state index is 0.503. The molecule has 0 saturated carbocycles. The fourth-order valence-corrected chi connectivity index (χ4v) is 1.90. The summed E-state index contributed by atoms with van der Waals surface area (Å²) in [7, 11) is 0. The summed E-state index contributed by atoms with van der Waals surface area (Å²) in [6, 6.07) is 9.13. The fourth-order valence-electron chi connectivity index (χ4n) is 1.90. The van der Waals surface area contributed by atoms with Gasteiger partial charge in [-0.05, 0) is 23.1 Å². The Bertz CT molecular complexity index is 544. The summed E-state index contributed by atoms with van der Waals surface area (Å²) >= 11 is 0. The van der Waals surface area contributed by atoms with E-state index in [-0.39, 0.29) is 0 Å². The Kier molecular flexibility index (Phi) is 3.51. The molecule has 0 spiro atoms. The molecule has 0 radical (unpaired) electrons. The molecule has 1 aromatic carbocycles. The van der Waals surface area contributed by atoms with Crippen LogP contribution in [0.5, 0.6) is 0 Å². The van der Waals surface area contributed by atoms with Crippen LogP contribution in [0.1, 0.15) is 19.4 Å². The highest BCUT2D eigenvalue weighted by atomic mass is 14.9. The van der Waals surface area contributed by atoms with Crippen molar-refractivity contribution in [3.05, 3.63) is 36.0 Å². The molecule has 0 aliphatic heterocycles. The molecule has 1 heterocycles. The molecule has 17 heavy (non-hydrogen) atoms. The summed E-state index contributed by atoms with van der Waals surface area (Å²) in [6.07, 6.45) is 7.41. The van der Waals surface area contributed by atoms with Gasteiger partial charge < -0.3 is 9.88 Å². The molecule has 0 aliphatic carbocycles. The first-order chi connectivity index (χ1) is 8.20. The third kappa shape index (κ3) is 2.69. The molecule has 0 aliphatic rings. The maximum Gasteiger partial charge on any atom is 0.0834 e. The smallest absolute Gasteiger partial charge is 0.0834 e. The normalized spacial score (nSPS) is 10.9. The van der Waals surface area contributed by atoms with Gasteiger partial charge in [0.1, 0.15) is 0 Å². The minimum Gasteiger partial charge on any atom is -0.336 e. The van der Waals surface area contributed by atoms with E-state index >= 15 is 0 Å². The zero-order chi connectivity index (χ0) is 12.3. The van der Waals surface area contributed by atoms with Crippen molar-refractivity contribution in [2.45, 2.75) is 33.0 Å². The third-order valence-electron chi connectivity index (χ3n) is 2.81. The lowest BCUT2D eigenvalue weighted by atomic mass is 10.1. The lowest BCUT2D eigenvalue weighted by Crippen LogP contribution is -2.21. The van der Waals surface area contributed by atoms with Gasteiger partial charge in [0, 0.05) is 24.3 Å². The van der Waals surface area contributed by atoms with E-state index in [9.17, 15) is 0 Å². The molecule has 0 fully saturated rings. The molecule has 0 unspecified atom stereocenters. The van der Waals surface area contributed by atoms with Gasteiger partial charge in [0.05, 0.1) is 6.54 Å². The van der Waals surface area contributed by atoms with Crippen LogP contribution in [-0.2, 0) is 13.1 Å². The van der Waals surface area contributed by atoms with E-state index in [2.05, 4.69) is 53.9 Å². The number of fused-ring (bicyclic) bond motifs is 1. The number of hydrogen-bond acceptors (Lipinski definition) is 1. The van der Waals surface area contributed by atoms with Gasteiger partial charge in [-0.3, -0.25) is 0 Å². The van der Waals surface area contributed by atoms with Crippen molar-refractivity contribution < 1.29 is 0 Å². The molecule has 2 heteroatoms. The molecule has 2 rings (SSSR count). The van der Waals surface area contributed by atoms with E-state index < -0.39 is 0 Å². The van der Waals surface area contributed by atoms with Gasteiger partial charge in [0.15, 0.2) is 0 Å². The van der Waals surface area contributed by atoms with Gasteiger partial charge in [-0.1, -0.05) is 31.9 Å². The number of benzene rings is 1. The van der Waals surface area contributed by atoms with Gasteiger partial charge in [-0.2, -0.15) is 0 Å². The topological polar surface area (TPSA) is 17.0 Å².